The summed E-state index contributed by atoms with van der Waals surface area (Å²) in [7, 11) is 0. The van der Waals surface area contributed by atoms with Gasteiger partial charge >= 0.3 is 11.9 Å². The summed E-state index contributed by atoms with van der Waals surface area (Å²) < 4.78 is 17.4. The zero-order valence-electron chi connectivity index (χ0n) is 14.1. The van der Waals surface area contributed by atoms with Gasteiger partial charge in [0.15, 0.2) is 17.3 Å². The molecule has 2 N–H and O–H groups in total. The van der Waals surface area contributed by atoms with Gasteiger partial charge in [-0.1, -0.05) is 5.21 Å². The molecule has 138 valence electrons. The molecule has 0 bridgehead atoms. The number of nitrogens with zero attached hydrogens (tertiary/aromatic N) is 4. The molecule has 10 nitrogen and oxygen atoms in total. The lowest BCUT2D eigenvalue weighted by molar-refractivity contribution is -0.163. The molecule has 0 fully saturated rings. The lowest BCUT2D eigenvalue weighted by Gasteiger charge is -2.33. The van der Waals surface area contributed by atoms with Gasteiger partial charge in [0.25, 0.3) is 0 Å². The van der Waals surface area contributed by atoms with Crippen molar-refractivity contribution in [2.24, 2.45) is 0 Å². The zero-order valence-corrected chi connectivity index (χ0v) is 14.9. The van der Waals surface area contributed by atoms with E-state index in [1.165, 1.54) is 36.1 Å². The van der Waals surface area contributed by atoms with Crippen LogP contribution in [0.3, 0.4) is 0 Å². The molecule has 0 aliphatic carbocycles. The normalized spacial score (nSPS) is 21.8. The van der Waals surface area contributed by atoms with Gasteiger partial charge in [0, 0.05) is 19.2 Å². The van der Waals surface area contributed by atoms with Crippen LogP contribution < -0.4 is 5.73 Å². The minimum Gasteiger partial charge on any atom is -0.491 e. The average Bonchev–Trinajstić information content (AvgIpc) is 3.22. The molecule has 0 saturated carbocycles. The number of hydrogen-bond acceptors (Lipinski definition) is 10. The summed E-state index contributed by atoms with van der Waals surface area (Å²) in [6.45, 7) is 2.53. The van der Waals surface area contributed by atoms with Crippen LogP contribution in [0.4, 0.5) is 5.13 Å². The van der Waals surface area contributed by atoms with Crippen LogP contribution in [-0.2, 0) is 23.8 Å². The van der Waals surface area contributed by atoms with Crippen molar-refractivity contribution in [1.82, 2.24) is 20.0 Å². The Hall–Kier alpha value is -2.95. The Morgan fingerprint density at radius 3 is 2.81 bits per heavy atom. The standard InChI is InChI=1S/C15H17N5O5S/c1-8(21)24-6-13-14(25-9(2)22)12(3-4-23-13)20-5-10(18-19-20)11-7-26-15(16)17-11/h3-5,7,12-14H,6H2,1-2H3,(H2,16,17)/t12-,13-,14-/m1/s1. The van der Waals surface area contributed by atoms with E-state index in [9.17, 15) is 9.59 Å². The van der Waals surface area contributed by atoms with Crippen molar-refractivity contribution < 1.29 is 23.8 Å². The molecule has 11 heteroatoms. The third kappa shape index (κ3) is 3.99. The monoisotopic (exact) mass is 379 g/mol. The van der Waals surface area contributed by atoms with Crippen LogP contribution >= 0.6 is 11.3 Å². The Bertz CT molecular complexity index is 832. The van der Waals surface area contributed by atoms with Crippen LogP contribution in [0, 0.1) is 0 Å². The van der Waals surface area contributed by atoms with E-state index in [2.05, 4.69) is 15.3 Å². The molecular formula is C15H17N5O5S. The highest BCUT2D eigenvalue weighted by Gasteiger charge is 2.37. The number of carbonyl (C=O) groups excluding carboxylic acids is 2. The third-order valence-corrected chi connectivity index (χ3v) is 4.26. The first-order valence-electron chi connectivity index (χ1n) is 7.70. The minimum atomic E-state index is -0.744. The molecule has 0 unspecified atom stereocenters. The van der Waals surface area contributed by atoms with Crippen molar-refractivity contribution in [2.75, 3.05) is 12.3 Å². The van der Waals surface area contributed by atoms with Crippen molar-refractivity contribution in [3.63, 3.8) is 0 Å². The summed E-state index contributed by atoms with van der Waals surface area (Å²) in [4.78, 5) is 26.8. The van der Waals surface area contributed by atoms with Crippen LogP contribution in [0.2, 0.25) is 0 Å². The predicted molar refractivity (Wildman–Crippen MR) is 90.8 cm³/mol. The van der Waals surface area contributed by atoms with Gasteiger partial charge in [-0.05, 0) is 6.08 Å². The van der Waals surface area contributed by atoms with Gasteiger partial charge in [-0.25, -0.2) is 9.67 Å². The number of anilines is 1. The third-order valence-electron chi connectivity index (χ3n) is 3.59. The van der Waals surface area contributed by atoms with Crippen molar-refractivity contribution in [3.8, 4) is 11.4 Å². The smallest absolute Gasteiger partial charge is 0.303 e. The van der Waals surface area contributed by atoms with E-state index in [4.69, 9.17) is 19.9 Å². The first-order valence-corrected chi connectivity index (χ1v) is 8.58. The lowest BCUT2D eigenvalue weighted by Crippen LogP contribution is -2.44. The highest BCUT2D eigenvalue weighted by molar-refractivity contribution is 7.13. The molecule has 1 aliphatic rings. The Morgan fingerprint density at radius 1 is 1.35 bits per heavy atom. The van der Waals surface area contributed by atoms with Crippen molar-refractivity contribution >= 4 is 28.4 Å². The first kappa shape index (κ1) is 17.9. The highest BCUT2D eigenvalue weighted by atomic mass is 32.1. The molecule has 26 heavy (non-hydrogen) atoms. The highest BCUT2D eigenvalue weighted by Crippen LogP contribution is 2.28. The molecule has 0 radical (unpaired) electrons. The number of carbonyl (C=O) groups is 2. The van der Waals surface area contributed by atoms with Crippen LogP contribution in [0.15, 0.2) is 23.9 Å². The van der Waals surface area contributed by atoms with Gasteiger partial charge in [-0.15, -0.1) is 16.4 Å². The topological polar surface area (TPSA) is 131 Å². The van der Waals surface area contributed by atoms with E-state index in [0.29, 0.717) is 16.5 Å². The Balaban J connectivity index is 1.85. The van der Waals surface area contributed by atoms with E-state index >= 15 is 0 Å². The quantitative estimate of drug-likeness (QED) is 0.753. The summed E-state index contributed by atoms with van der Waals surface area (Å²) in [5.74, 6) is -0.940. The average molecular weight is 379 g/mol. The fraction of sp³-hybridized carbons (Fsp3) is 0.400. The maximum atomic E-state index is 11.5. The molecular weight excluding hydrogens is 362 g/mol. The molecule has 0 amide bonds. The van der Waals surface area contributed by atoms with E-state index in [1.807, 2.05) is 0 Å². The van der Waals surface area contributed by atoms with Crippen LogP contribution in [0.5, 0.6) is 0 Å². The molecule has 3 heterocycles. The number of nitrogen functional groups attached to an aromatic ring is 1. The Kier molecular flexibility index (Phi) is 5.16. The van der Waals surface area contributed by atoms with Gasteiger partial charge in [0.1, 0.15) is 24.0 Å². The molecule has 3 rings (SSSR count). The lowest BCUT2D eigenvalue weighted by atomic mass is 10.0. The second kappa shape index (κ2) is 7.52. The first-order chi connectivity index (χ1) is 12.4. The number of rotatable bonds is 5. The van der Waals surface area contributed by atoms with Crippen molar-refractivity contribution in [3.05, 3.63) is 23.9 Å². The summed E-state index contributed by atoms with van der Waals surface area (Å²) >= 11 is 1.30. The molecule has 0 aromatic carbocycles. The summed E-state index contributed by atoms with van der Waals surface area (Å²) in [5, 5.41) is 10.4. The van der Waals surface area contributed by atoms with E-state index in [1.54, 1.807) is 17.7 Å². The van der Waals surface area contributed by atoms with Crippen molar-refractivity contribution in [1.29, 1.82) is 0 Å². The van der Waals surface area contributed by atoms with Gasteiger partial charge in [0.05, 0.1) is 12.5 Å². The number of esters is 2. The van der Waals surface area contributed by atoms with Gasteiger partial charge in [-0.2, -0.15) is 0 Å². The van der Waals surface area contributed by atoms with Gasteiger partial charge in [0.2, 0.25) is 0 Å². The summed E-state index contributed by atoms with van der Waals surface area (Å²) in [6, 6.07) is -0.481. The second-order valence-electron chi connectivity index (χ2n) is 5.53. The molecule has 2 aromatic rings. The van der Waals surface area contributed by atoms with Crippen LogP contribution in [-0.4, -0.2) is 50.7 Å². The second-order valence-corrected chi connectivity index (χ2v) is 6.41. The van der Waals surface area contributed by atoms with Crippen LogP contribution in [0.1, 0.15) is 19.9 Å². The Morgan fingerprint density at radius 2 is 2.15 bits per heavy atom. The molecule has 0 saturated heterocycles. The fourth-order valence-corrected chi connectivity index (χ4v) is 3.05. The fourth-order valence-electron chi connectivity index (χ4n) is 2.49. The SMILES string of the molecule is CC(=O)OC[C@H]1OC=C[C@@H](n2cc(-c3csc(N)n3)nn2)[C@H]1OC(C)=O. The van der Waals surface area contributed by atoms with E-state index in [-0.39, 0.29) is 6.61 Å². The largest absolute Gasteiger partial charge is 0.491 e. The maximum Gasteiger partial charge on any atom is 0.303 e. The molecule has 3 atom stereocenters. The minimum absolute atomic E-state index is 0.0572. The predicted octanol–water partition coefficient (Wildman–Crippen LogP) is 0.932. The zero-order chi connectivity index (χ0) is 18.7. The number of aromatic nitrogens is 4. The summed E-state index contributed by atoms with van der Waals surface area (Å²) in [5.41, 5.74) is 6.79. The number of ether oxygens (including phenoxy) is 3. The maximum absolute atomic E-state index is 11.5. The number of thiazole rings is 1. The molecule has 1 aliphatic heterocycles. The van der Waals surface area contributed by atoms with Crippen LogP contribution in [0.25, 0.3) is 11.4 Å². The van der Waals surface area contributed by atoms with E-state index < -0.39 is 30.2 Å². The number of nitrogens with two attached hydrogens (primary N) is 1. The summed E-state index contributed by atoms with van der Waals surface area (Å²) in [6.07, 6.45) is 3.41. The van der Waals surface area contributed by atoms with Gasteiger partial charge < -0.3 is 19.9 Å². The Labute approximate surface area is 152 Å². The molecule has 0 spiro atoms. The van der Waals surface area contributed by atoms with Crippen molar-refractivity contribution in [2.45, 2.75) is 32.1 Å². The van der Waals surface area contributed by atoms with Gasteiger partial charge in [-0.3, -0.25) is 9.59 Å². The number of hydrogen-bond donors (Lipinski definition) is 1. The van der Waals surface area contributed by atoms with E-state index in [0.717, 1.165) is 0 Å². The molecule has 2 aromatic heterocycles.